The van der Waals surface area contributed by atoms with Crippen molar-refractivity contribution < 1.29 is 14.6 Å². The number of aromatic nitrogens is 2. The van der Waals surface area contributed by atoms with Gasteiger partial charge in [-0.2, -0.15) is 5.10 Å². The lowest BCUT2D eigenvalue weighted by atomic mass is 9.95. The molecule has 0 fully saturated rings. The van der Waals surface area contributed by atoms with Crippen molar-refractivity contribution in [1.29, 1.82) is 0 Å². The molecule has 0 aliphatic rings. The maximum atomic E-state index is 12.1. The molecule has 148 valence electrons. The number of hydrogen-bond donors (Lipinski definition) is 3. The minimum Gasteiger partial charge on any atom is -0.494 e. The number of nitrogens with two attached hydrogens (primary N) is 2. The summed E-state index contributed by atoms with van der Waals surface area (Å²) in [6.07, 6.45) is 0. The van der Waals surface area contributed by atoms with Crippen molar-refractivity contribution in [1.82, 2.24) is 9.78 Å². The summed E-state index contributed by atoms with van der Waals surface area (Å²) < 4.78 is 7.08. The second-order valence-corrected chi connectivity index (χ2v) is 7.61. The Balaban J connectivity index is 2.09. The van der Waals surface area contributed by atoms with E-state index in [4.69, 9.17) is 16.2 Å². The molecule has 0 spiro atoms. The third-order valence-electron chi connectivity index (χ3n) is 4.64. The molecule has 0 aliphatic carbocycles. The van der Waals surface area contributed by atoms with Crippen LogP contribution in [-0.4, -0.2) is 34.0 Å². The molecule has 7 nitrogen and oxygen atoms in total. The predicted octanol–water partition coefficient (Wildman–Crippen LogP) is 2.80. The Kier molecular flexibility index (Phi) is 5.29. The van der Waals surface area contributed by atoms with Crippen molar-refractivity contribution in [3.8, 4) is 17.0 Å². The van der Waals surface area contributed by atoms with Crippen molar-refractivity contribution in [2.24, 2.45) is 11.1 Å². The largest absolute Gasteiger partial charge is 0.494 e. The van der Waals surface area contributed by atoms with E-state index in [2.05, 4.69) is 5.10 Å². The van der Waals surface area contributed by atoms with E-state index in [1.165, 1.54) is 4.68 Å². The SMILES string of the molecule is CCOc1ccc2cc(-c3nn(CC(C)(C)CO)c(N)c3C(N)=O)ccc2c1. The quantitative estimate of drug-likeness (QED) is 0.581. The summed E-state index contributed by atoms with van der Waals surface area (Å²) in [6, 6.07) is 11.6. The Labute approximate surface area is 163 Å². The summed E-state index contributed by atoms with van der Waals surface area (Å²) >= 11 is 0. The molecular weight excluding hydrogens is 356 g/mol. The Hall–Kier alpha value is -3.06. The number of aliphatic hydroxyl groups is 1. The third-order valence-corrected chi connectivity index (χ3v) is 4.64. The number of nitrogens with zero attached hydrogens (tertiary/aromatic N) is 2. The van der Waals surface area contributed by atoms with E-state index in [0.717, 1.165) is 22.1 Å². The van der Waals surface area contributed by atoms with Crippen LogP contribution in [0.4, 0.5) is 5.82 Å². The van der Waals surface area contributed by atoms with Crippen LogP contribution in [0.2, 0.25) is 0 Å². The first-order chi connectivity index (χ1) is 13.3. The summed E-state index contributed by atoms with van der Waals surface area (Å²) in [5.74, 6) is 0.378. The zero-order chi connectivity index (χ0) is 20.5. The lowest BCUT2D eigenvalue weighted by Crippen LogP contribution is -2.25. The normalized spacial score (nSPS) is 11.7. The third kappa shape index (κ3) is 3.80. The standard InChI is InChI=1S/C21H26N4O3/c1-4-28-16-8-7-13-9-15(6-5-14(13)10-16)18-17(20(23)27)19(22)25(24-18)11-21(2,3)12-26/h5-10,26H,4,11-12,22H2,1-3H3,(H2,23,27). The number of benzene rings is 2. The molecule has 2 aromatic carbocycles. The number of nitrogen functional groups attached to an aromatic ring is 1. The fourth-order valence-electron chi connectivity index (χ4n) is 3.12. The van der Waals surface area contributed by atoms with Gasteiger partial charge in [0.05, 0.1) is 13.2 Å². The van der Waals surface area contributed by atoms with Gasteiger partial charge in [0.2, 0.25) is 0 Å². The van der Waals surface area contributed by atoms with E-state index in [0.29, 0.717) is 18.8 Å². The van der Waals surface area contributed by atoms with Crippen LogP contribution in [0.25, 0.3) is 22.0 Å². The van der Waals surface area contributed by atoms with Gasteiger partial charge in [-0.3, -0.25) is 4.79 Å². The van der Waals surface area contributed by atoms with Gasteiger partial charge in [0, 0.05) is 17.6 Å². The smallest absolute Gasteiger partial charge is 0.254 e. The van der Waals surface area contributed by atoms with Crippen LogP contribution in [0, 0.1) is 5.41 Å². The van der Waals surface area contributed by atoms with E-state index in [-0.39, 0.29) is 18.0 Å². The van der Waals surface area contributed by atoms with Gasteiger partial charge in [-0.15, -0.1) is 0 Å². The molecule has 1 heterocycles. The minimum absolute atomic E-state index is 0.0360. The number of hydrogen-bond acceptors (Lipinski definition) is 5. The molecule has 3 rings (SSSR count). The summed E-state index contributed by atoms with van der Waals surface area (Å²) in [5.41, 5.74) is 12.7. The number of anilines is 1. The van der Waals surface area contributed by atoms with Crippen LogP contribution >= 0.6 is 0 Å². The first-order valence-corrected chi connectivity index (χ1v) is 9.19. The average molecular weight is 382 g/mol. The zero-order valence-electron chi connectivity index (χ0n) is 16.4. The van der Waals surface area contributed by atoms with Crippen LogP contribution in [-0.2, 0) is 6.54 Å². The summed E-state index contributed by atoms with van der Waals surface area (Å²) in [7, 11) is 0. The fraction of sp³-hybridized carbons (Fsp3) is 0.333. The van der Waals surface area contributed by atoms with Crippen molar-refractivity contribution >= 4 is 22.5 Å². The number of aliphatic hydroxyl groups excluding tert-OH is 1. The van der Waals surface area contributed by atoms with E-state index in [9.17, 15) is 9.90 Å². The molecule has 0 atom stereocenters. The molecular formula is C21H26N4O3. The molecule has 5 N–H and O–H groups in total. The maximum absolute atomic E-state index is 12.1. The molecule has 0 saturated carbocycles. The highest BCUT2D eigenvalue weighted by atomic mass is 16.5. The minimum atomic E-state index is -0.632. The number of primary amides is 1. The highest BCUT2D eigenvalue weighted by Gasteiger charge is 2.25. The summed E-state index contributed by atoms with van der Waals surface area (Å²) in [6.45, 7) is 6.66. The van der Waals surface area contributed by atoms with Crippen LogP contribution in [0.15, 0.2) is 36.4 Å². The van der Waals surface area contributed by atoms with Crippen molar-refractivity contribution in [3.05, 3.63) is 42.0 Å². The van der Waals surface area contributed by atoms with Crippen molar-refractivity contribution in [3.63, 3.8) is 0 Å². The second kappa shape index (κ2) is 7.52. The molecule has 0 unspecified atom stereocenters. The lowest BCUT2D eigenvalue weighted by Gasteiger charge is -2.21. The Morgan fingerprint density at radius 2 is 1.89 bits per heavy atom. The number of carbonyl (C=O) groups excluding carboxylic acids is 1. The number of amides is 1. The van der Waals surface area contributed by atoms with E-state index < -0.39 is 11.3 Å². The molecule has 7 heteroatoms. The maximum Gasteiger partial charge on any atom is 0.254 e. The number of rotatable bonds is 7. The first-order valence-electron chi connectivity index (χ1n) is 9.19. The van der Waals surface area contributed by atoms with Gasteiger partial charge >= 0.3 is 0 Å². The fourth-order valence-corrected chi connectivity index (χ4v) is 3.12. The van der Waals surface area contributed by atoms with Gasteiger partial charge in [0.25, 0.3) is 5.91 Å². The average Bonchev–Trinajstić information content (AvgIpc) is 2.97. The zero-order valence-corrected chi connectivity index (χ0v) is 16.4. The van der Waals surface area contributed by atoms with Crippen LogP contribution in [0.1, 0.15) is 31.1 Å². The molecule has 1 amide bonds. The topological polar surface area (TPSA) is 116 Å². The molecule has 28 heavy (non-hydrogen) atoms. The second-order valence-electron chi connectivity index (χ2n) is 7.61. The first kappa shape index (κ1) is 19.7. The van der Waals surface area contributed by atoms with E-state index in [1.807, 2.05) is 57.2 Å². The van der Waals surface area contributed by atoms with Crippen LogP contribution in [0.5, 0.6) is 5.75 Å². The Morgan fingerprint density at radius 3 is 2.54 bits per heavy atom. The monoisotopic (exact) mass is 382 g/mol. The predicted molar refractivity (Wildman–Crippen MR) is 110 cm³/mol. The molecule has 0 radical (unpaired) electrons. The number of ether oxygens (including phenoxy) is 1. The highest BCUT2D eigenvalue weighted by molar-refractivity contribution is 6.04. The van der Waals surface area contributed by atoms with Gasteiger partial charge in [-0.25, -0.2) is 4.68 Å². The molecule has 1 aromatic heterocycles. The van der Waals surface area contributed by atoms with Gasteiger partial charge in [0.15, 0.2) is 0 Å². The van der Waals surface area contributed by atoms with E-state index in [1.54, 1.807) is 0 Å². The van der Waals surface area contributed by atoms with Crippen LogP contribution < -0.4 is 16.2 Å². The Bertz CT molecular complexity index is 1020. The van der Waals surface area contributed by atoms with Gasteiger partial charge in [-0.05, 0) is 35.9 Å². The van der Waals surface area contributed by atoms with Gasteiger partial charge in [-0.1, -0.05) is 32.0 Å². The van der Waals surface area contributed by atoms with Gasteiger partial charge < -0.3 is 21.3 Å². The number of carbonyl (C=O) groups is 1. The molecule has 3 aromatic rings. The van der Waals surface area contributed by atoms with Gasteiger partial charge in [0.1, 0.15) is 22.8 Å². The van der Waals surface area contributed by atoms with Crippen molar-refractivity contribution in [2.75, 3.05) is 18.9 Å². The summed E-state index contributed by atoms with van der Waals surface area (Å²) in [5, 5.41) is 16.1. The lowest BCUT2D eigenvalue weighted by molar-refractivity contribution is 0.100. The van der Waals surface area contributed by atoms with E-state index >= 15 is 0 Å². The van der Waals surface area contributed by atoms with Crippen molar-refractivity contribution in [2.45, 2.75) is 27.3 Å². The highest BCUT2D eigenvalue weighted by Crippen LogP contribution is 2.32. The van der Waals surface area contributed by atoms with Crippen LogP contribution in [0.3, 0.4) is 0 Å². The Morgan fingerprint density at radius 1 is 1.21 bits per heavy atom. The molecule has 0 aliphatic heterocycles. The molecule has 0 bridgehead atoms. The molecule has 0 saturated heterocycles. The number of fused-ring (bicyclic) bond motifs is 1. The summed E-state index contributed by atoms with van der Waals surface area (Å²) in [4.78, 5) is 12.1.